The third-order valence-corrected chi connectivity index (χ3v) is 3.95. The molecule has 0 amide bonds. The molecule has 0 bridgehead atoms. The van der Waals surface area contributed by atoms with Gasteiger partial charge in [0.2, 0.25) is 0 Å². The molecule has 1 heterocycles. The van der Waals surface area contributed by atoms with Gasteiger partial charge in [-0.1, -0.05) is 37.2 Å². The number of thioether (sulfide) groups is 1. The number of rotatable bonds is 6. The van der Waals surface area contributed by atoms with Crippen molar-refractivity contribution in [1.29, 1.82) is 0 Å². The number of H-pyrrole nitrogens is 1. The molecule has 116 valence electrons. The molecule has 6 heteroatoms. The van der Waals surface area contributed by atoms with Gasteiger partial charge in [0.15, 0.2) is 5.16 Å². The van der Waals surface area contributed by atoms with Crippen molar-refractivity contribution in [2.45, 2.75) is 30.7 Å². The van der Waals surface area contributed by atoms with Crippen molar-refractivity contribution in [2.24, 2.45) is 0 Å². The van der Waals surface area contributed by atoms with Crippen molar-refractivity contribution >= 4 is 17.7 Å². The Kier molecular flexibility index (Phi) is 5.77. The van der Waals surface area contributed by atoms with Crippen LogP contribution in [-0.2, 0) is 16.9 Å². The fourth-order valence-electron chi connectivity index (χ4n) is 1.99. The molecule has 5 nitrogen and oxygen atoms in total. The Balaban J connectivity index is 2.10. The van der Waals surface area contributed by atoms with Gasteiger partial charge in [0.1, 0.15) is 0 Å². The van der Waals surface area contributed by atoms with E-state index in [1.165, 1.54) is 24.9 Å². The smallest absolute Gasteiger partial charge is 0.337 e. The maximum absolute atomic E-state index is 11.6. The summed E-state index contributed by atoms with van der Waals surface area (Å²) in [6.07, 6.45) is 1.73. The first-order chi connectivity index (χ1) is 10.6. The molecule has 0 saturated carbocycles. The highest BCUT2D eigenvalue weighted by Gasteiger charge is 2.07. The largest absolute Gasteiger partial charge is 0.465 e. The van der Waals surface area contributed by atoms with Crippen molar-refractivity contribution in [3.8, 4) is 0 Å². The molecule has 0 aliphatic rings. The number of hydrogen-bond donors (Lipinski definition) is 1. The van der Waals surface area contributed by atoms with Gasteiger partial charge in [-0.05, 0) is 24.1 Å². The van der Waals surface area contributed by atoms with Gasteiger partial charge >= 0.3 is 5.97 Å². The van der Waals surface area contributed by atoms with Gasteiger partial charge in [0.25, 0.3) is 5.56 Å². The summed E-state index contributed by atoms with van der Waals surface area (Å²) in [6.45, 7) is 2.05. The molecular formula is C16H18N2O3S. The van der Waals surface area contributed by atoms with E-state index in [9.17, 15) is 9.59 Å². The summed E-state index contributed by atoms with van der Waals surface area (Å²) in [5.41, 5.74) is 2.15. The molecule has 0 radical (unpaired) electrons. The van der Waals surface area contributed by atoms with Crippen LogP contribution in [-0.4, -0.2) is 23.0 Å². The van der Waals surface area contributed by atoms with Crippen LogP contribution in [0, 0.1) is 0 Å². The molecule has 1 N–H and O–H groups in total. The highest BCUT2D eigenvalue weighted by molar-refractivity contribution is 7.98. The number of aromatic nitrogens is 2. The fraction of sp³-hybridized carbons (Fsp3) is 0.312. The molecule has 0 unspecified atom stereocenters. The summed E-state index contributed by atoms with van der Waals surface area (Å²) in [6, 6.07) is 8.76. The van der Waals surface area contributed by atoms with E-state index in [4.69, 9.17) is 4.74 Å². The minimum Gasteiger partial charge on any atom is -0.465 e. The third kappa shape index (κ3) is 4.46. The molecule has 2 aromatic rings. The van der Waals surface area contributed by atoms with Crippen LogP contribution in [0.3, 0.4) is 0 Å². The molecule has 1 aromatic heterocycles. The molecule has 22 heavy (non-hydrogen) atoms. The average Bonchev–Trinajstić information content (AvgIpc) is 2.52. The number of hydrogen-bond acceptors (Lipinski definition) is 5. The van der Waals surface area contributed by atoms with Crippen LogP contribution >= 0.6 is 11.8 Å². The number of esters is 1. The standard InChI is InChI=1S/C16H18N2O3S/c1-3-5-13-9-14(19)18-16(17-13)22-10-11-6-4-7-12(8-11)15(20)21-2/h4,6-9H,3,5,10H2,1-2H3,(H,17,18,19). The van der Waals surface area contributed by atoms with E-state index in [0.717, 1.165) is 24.1 Å². The lowest BCUT2D eigenvalue weighted by molar-refractivity contribution is 0.0600. The van der Waals surface area contributed by atoms with E-state index < -0.39 is 0 Å². The lowest BCUT2D eigenvalue weighted by Gasteiger charge is -2.05. The second-order valence-corrected chi connectivity index (χ2v) is 5.74. The second-order valence-electron chi connectivity index (χ2n) is 4.77. The summed E-state index contributed by atoms with van der Waals surface area (Å²) >= 11 is 1.44. The summed E-state index contributed by atoms with van der Waals surface area (Å²) in [5, 5.41) is 0.597. The van der Waals surface area contributed by atoms with E-state index in [1.807, 2.05) is 19.1 Å². The minimum atomic E-state index is -0.358. The SMILES string of the molecule is CCCc1cc(=O)[nH]c(SCc2cccc(C(=O)OC)c2)n1. The molecule has 2 rings (SSSR count). The van der Waals surface area contributed by atoms with E-state index >= 15 is 0 Å². The van der Waals surface area contributed by atoms with Gasteiger partial charge < -0.3 is 9.72 Å². The first kappa shape index (κ1) is 16.3. The van der Waals surface area contributed by atoms with Gasteiger partial charge in [0.05, 0.1) is 12.7 Å². The number of ether oxygens (including phenoxy) is 1. The van der Waals surface area contributed by atoms with Gasteiger partial charge in [-0.15, -0.1) is 0 Å². The minimum absolute atomic E-state index is 0.135. The molecule has 0 spiro atoms. The quantitative estimate of drug-likeness (QED) is 0.504. The topological polar surface area (TPSA) is 72.0 Å². The summed E-state index contributed by atoms with van der Waals surface area (Å²) < 4.78 is 4.71. The molecule has 0 saturated heterocycles. The van der Waals surface area contributed by atoms with Gasteiger partial charge in [-0.25, -0.2) is 9.78 Å². The molecular weight excluding hydrogens is 300 g/mol. The van der Waals surface area contributed by atoms with Crippen molar-refractivity contribution in [3.63, 3.8) is 0 Å². The number of nitrogens with one attached hydrogen (secondary N) is 1. The Bertz CT molecular complexity index is 713. The molecule has 0 aliphatic heterocycles. The number of carbonyl (C=O) groups is 1. The number of aromatic amines is 1. The number of nitrogens with zero attached hydrogens (tertiary/aromatic N) is 1. The van der Waals surface area contributed by atoms with E-state index in [1.54, 1.807) is 12.1 Å². The first-order valence-electron chi connectivity index (χ1n) is 7.02. The number of carbonyl (C=O) groups excluding carboxylic acids is 1. The zero-order valence-corrected chi connectivity index (χ0v) is 13.4. The molecule has 0 atom stereocenters. The highest BCUT2D eigenvalue weighted by Crippen LogP contribution is 2.19. The van der Waals surface area contributed by atoms with E-state index in [-0.39, 0.29) is 11.5 Å². The van der Waals surface area contributed by atoms with Crippen molar-refractivity contribution in [1.82, 2.24) is 9.97 Å². The summed E-state index contributed by atoms with van der Waals surface area (Å²) in [4.78, 5) is 30.3. The van der Waals surface area contributed by atoms with E-state index in [0.29, 0.717) is 16.5 Å². The van der Waals surface area contributed by atoms with Crippen LogP contribution in [0.2, 0.25) is 0 Å². The number of methoxy groups -OCH3 is 1. The van der Waals surface area contributed by atoms with Crippen LogP contribution in [0.4, 0.5) is 0 Å². The van der Waals surface area contributed by atoms with Crippen LogP contribution < -0.4 is 5.56 Å². The number of aryl methyl sites for hydroxylation is 1. The third-order valence-electron chi connectivity index (χ3n) is 3.00. The zero-order chi connectivity index (χ0) is 15.9. The fourth-order valence-corrected chi connectivity index (χ4v) is 2.83. The van der Waals surface area contributed by atoms with Gasteiger partial charge in [0, 0.05) is 17.5 Å². The van der Waals surface area contributed by atoms with Crippen LogP contribution in [0.25, 0.3) is 0 Å². The van der Waals surface area contributed by atoms with Crippen molar-refractivity contribution in [2.75, 3.05) is 7.11 Å². The Labute approximate surface area is 133 Å². The average molecular weight is 318 g/mol. The first-order valence-corrected chi connectivity index (χ1v) is 8.01. The second kappa shape index (κ2) is 7.79. The van der Waals surface area contributed by atoms with Gasteiger partial charge in [-0.2, -0.15) is 0 Å². The molecule has 0 aliphatic carbocycles. The molecule has 1 aromatic carbocycles. The summed E-state index contributed by atoms with van der Waals surface area (Å²) in [7, 11) is 1.36. The van der Waals surface area contributed by atoms with Gasteiger partial charge in [-0.3, -0.25) is 4.79 Å². The predicted molar refractivity (Wildman–Crippen MR) is 86.2 cm³/mol. The monoisotopic (exact) mass is 318 g/mol. The molecule has 0 fully saturated rings. The van der Waals surface area contributed by atoms with Crippen molar-refractivity contribution in [3.05, 3.63) is 57.5 Å². The van der Waals surface area contributed by atoms with Crippen LogP contribution in [0.1, 0.15) is 35.0 Å². The van der Waals surface area contributed by atoms with Crippen LogP contribution in [0.5, 0.6) is 0 Å². The Morgan fingerprint density at radius 1 is 1.36 bits per heavy atom. The number of benzene rings is 1. The maximum Gasteiger partial charge on any atom is 0.337 e. The predicted octanol–water partition coefficient (Wildman–Crippen LogP) is 2.80. The van der Waals surface area contributed by atoms with E-state index in [2.05, 4.69) is 9.97 Å². The summed E-state index contributed by atoms with van der Waals surface area (Å²) in [5.74, 6) is 0.256. The maximum atomic E-state index is 11.6. The lowest BCUT2D eigenvalue weighted by Crippen LogP contribution is -2.10. The highest BCUT2D eigenvalue weighted by atomic mass is 32.2. The van der Waals surface area contributed by atoms with Crippen molar-refractivity contribution < 1.29 is 9.53 Å². The Morgan fingerprint density at radius 3 is 2.91 bits per heavy atom. The normalized spacial score (nSPS) is 10.5. The Hall–Kier alpha value is -2.08. The zero-order valence-electron chi connectivity index (χ0n) is 12.6. The lowest BCUT2D eigenvalue weighted by atomic mass is 10.1. The Morgan fingerprint density at radius 2 is 2.18 bits per heavy atom. The van der Waals surface area contributed by atoms with Crippen LogP contribution in [0.15, 0.2) is 40.3 Å².